The second kappa shape index (κ2) is 4.63. The fourth-order valence-electron chi connectivity index (χ4n) is 2.57. The molecule has 0 atom stereocenters. The number of nitrogens with one attached hydrogen (secondary N) is 1. The smallest absolute Gasteiger partial charge is 0.125 e. The molecule has 1 fully saturated rings. The zero-order chi connectivity index (χ0) is 13.3. The Morgan fingerprint density at radius 3 is 2.28 bits per heavy atom. The molecular formula is C15H22N2O. The first-order valence-electron chi connectivity index (χ1n) is 6.45. The summed E-state index contributed by atoms with van der Waals surface area (Å²) in [5, 5.41) is 7.41. The topological polar surface area (TPSA) is 59.1 Å². The highest BCUT2D eigenvalue weighted by molar-refractivity contribution is 5.78. The van der Waals surface area contributed by atoms with E-state index in [4.69, 9.17) is 15.9 Å². The van der Waals surface area contributed by atoms with Gasteiger partial charge in [0.15, 0.2) is 0 Å². The Kier molecular flexibility index (Phi) is 3.33. The summed E-state index contributed by atoms with van der Waals surface area (Å²) in [6, 6.07) is 4.29. The Labute approximate surface area is 109 Å². The maximum atomic E-state index is 7.41. The summed E-state index contributed by atoms with van der Waals surface area (Å²) in [4.78, 5) is 0. The molecule has 0 amide bonds. The highest BCUT2D eigenvalue weighted by Crippen LogP contribution is 2.49. The second-order valence-electron chi connectivity index (χ2n) is 5.72. The van der Waals surface area contributed by atoms with Crippen LogP contribution in [0.2, 0.25) is 0 Å². The van der Waals surface area contributed by atoms with Crippen LogP contribution >= 0.6 is 0 Å². The van der Waals surface area contributed by atoms with E-state index in [1.54, 1.807) is 0 Å². The van der Waals surface area contributed by atoms with Crippen molar-refractivity contribution in [3.63, 3.8) is 0 Å². The second-order valence-corrected chi connectivity index (χ2v) is 5.72. The number of nitrogens with two attached hydrogens (primary N) is 1. The van der Waals surface area contributed by atoms with Gasteiger partial charge in [-0.05, 0) is 44.7 Å². The minimum atomic E-state index is 0.135. The van der Waals surface area contributed by atoms with E-state index in [-0.39, 0.29) is 11.3 Å². The monoisotopic (exact) mass is 246 g/mol. The van der Waals surface area contributed by atoms with Crippen LogP contribution in [-0.4, -0.2) is 12.4 Å². The molecule has 0 aliphatic heterocycles. The predicted molar refractivity (Wildman–Crippen MR) is 74.3 cm³/mol. The molecule has 0 aromatic heterocycles. The van der Waals surface area contributed by atoms with Gasteiger partial charge in [0.25, 0.3) is 0 Å². The summed E-state index contributed by atoms with van der Waals surface area (Å²) in [6.07, 6.45) is 2.91. The zero-order valence-electron chi connectivity index (χ0n) is 11.5. The van der Waals surface area contributed by atoms with Crippen molar-refractivity contribution in [3.8, 4) is 5.75 Å². The lowest BCUT2D eigenvalue weighted by molar-refractivity contribution is 0.236. The first kappa shape index (κ1) is 12.9. The van der Waals surface area contributed by atoms with Crippen LogP contribution in [0, 0.1) is 31.6 Å². The van der Waals surface area contributed by atoms with Gasteiger partial charge in [0.05, 0.1) is 12.4 Å². The molecule has 0 heterocycles. The minimum absolute atomic E-state index is 0.135. The van der Waals surface area contributed by atoms with E-state index in [1.165, 1.54) is 16.7 Å². The summed E-state index contributed by atoms with van der Waals surface area (Å²) >= 11 is 0. The van der Waals surface area contributed by atoms with Crippen LogP contribution in [0.5, 0.6) is 5.75 Å². The van der Waals surface area contributed by atoms with Gasteiger partial charge in [0, 0.05) is 11.8 Å². The highest BCUT2D eigenvalue weighted by Gasteiger charge is 2.44. The van der Waals surface area contributed by atoms with Crippen LogP contribution < -0.4 is 10.5 Å². The van der Waals surface area contributed by atoms with Gasteiger partial charge < -0.3 is 10.5 Å². The van der Waals surface area contributed by atoms with Gasteiger partial charge in [-0.15, -0.1) is 0 Å². The van der Waals surface area contributed by atoms with Crippen LogP contribution in [0.4, 0.5) is 0 Å². The highest BCUT2D eigenvalue weighted by atomic mass is 16.5. The standard InChI is InChI=1S/C15H22N2O/c1-10-6-11(2)14(12(3)7-10)18-9-15(4-5-15)8-13(16)17/h6-7H,4-5,8-9H2,1-3H3,(H3,16,17). The fourth-order valence-corrected chi connectivity index (χ4v) is 2.57. The van der Waals surface area contributed by atoms with E-state index in [1.807, 2.05) is 0 Å². The summed E-state index contributed by atoms with van der Waals surface area (Å²) in [6.45, 7) is 6.94. The van der Waals surface area contributed by atoms with Gasteiger partial charge in [0.1, 0.15) is 5.75 Å². The molecular weight excluding hydrogens is 224 g/mol. The molecule has 18 heavy (non-hydrogen) atoms. The average Bonchev–Trinajstić information content (AvgIpc) is 2.95. The number of amidine groups is 1. The molecule has 0 unspecified atom stereocenters. The average molecular weight is 246 g/mol. The normalized spacial score (nSPS) is 16.4. The van der Waals surface area contributed by atoms with Crippen molar-refractivity contribution < 1.29 is 4.74 Å². The van der Waals surface area contributed by atoms with Gasteiger partial charge in [-0.3, -0.25) is 5.41 Å². The van der Waals surface area contributed by atoms with Crippen molar-refractivity contribution in [1.82, 2.24) is 0 Å². The van der Waals surface area contributed by atoms with E-state index in [0.717, 1.165) is 18.6 Å². The van der Waals surface area contributed by atoms with E-state index in [9.17, 15) is 0 Å². The third-order valence-electron chi connectivity index (χ3n) is 3.65. The Morgan fingerprint density at radius 1 is 1.28 bits per heavy atom. The predicted octanol–water partition coefficient (Wildman–Crippen LogP) is 3.10. The lowest BCUT2D eigenvalue weighted by Gasteiger charge is -2.18. The van der Waals surface area contributed by atoms with E-state index < -0.39 is 0 Å². The molecule has 1 aliphatic rings. The Hall–Kier alpha value is -1.51. The van der Waals surface area contributed by atoms with Crippen LogP contribution in [0.15, 0.2) is 12.1 Å². The van der Waals surface area contributed by atoms with E-state index in [0.29, 0.717) is 13.0 Å². The number of aryl methyl sites for hydroxylation is 3. The SMILES string of the molecule is Cc1cc(C)c(OCC2(CC(=N)N)CC2)c(C)c1. The number of ether oxygens (including phenoxy) is 1. The first-order chi connectivity index (χ1) is 8.42. The molecule has 0 saturated heterocycles. The van der Waals surface area contributed by atoms with E-state index in [2.05, 4.69) is 32.9 Å². The number of rotatable bonds is 5. The van der Waals surface area contributed by atoms with Crippen LogP contribution in [0.3, 0.4) is 0 Å². The lowest BCUT2D eigenvalue weighted by Crippen LogP contribution is -2.22. The van der Waals surface area contributed by atoms with Gasteiger partial charge in [-0.1, -0.05) is 17.7 Å². The minimum Gasteiger partial charge on any atom is -0.492 e. The number of hydrogen-bond acceptors (Lipinski definition) is 2. The molecule has 0 radical (unpaired) electrons. The summed E-state index contributed by atoms with van der Waals surface area (Å²) < 4.78 is 6.00. The molecule has 0 spiro atoms. The molecule has 0 bridgehead atoms. The van der Waals surface area contributed by atoms with Crippen molar-refractivity contribution in [2.75, 3.05) is 6.61 Å². The molecule has 2 rings (SSSR count). The zero-order valence-corrected chi connectivity index (χ0v) is 11.5. The molecule has 3 nitrogen and oxygen atoms in total. The Balaban J connectivity index is 2.05. The number of hydrogen-bond donors (Lipinski definition) is 2. The van der Waals surface area contributed by atoms with Crippen molar-refractivity contribution in [2.24, 2.45) is 11.1 Å². The number of benzene rings is 1. The summed E-state index contributed by atoms with van der Waals surface area (Å²) in [5.41, 5.74) is 9.27. The molecule has 1 saturated carbocycles. The van der Waals surface area contributed by atoms with Gasteiger partial charge in [-0.25, -0.2) is 0 Å². The van der Waals surface area contributed by atoms with Gasteiger partial charge in [-0.2, -0.15) is 0 Å². The largest absolute Gasteiger partial charge is 0.492 e. The summed E-state index contributed by atoms with van der Waals surface area (Å²) in [5.74, 6) is 1.27. The third kappa shape index (κ3) is 2.84. The molecule has 1 aromatic rings. The van der Waals surface area contributed by atoms with Crippen molar-refractivity contribution in [3.05, 3.63) is 28.8 Å². The lowest BCUT2D eigenvalue weighted by atomic mass is 10.0. The Morgan fingerprint density at radius 2 is 1.83 bits per heavy atom. The van der Waals surface area contributed by atoms with Crippen LogP contribution in [0.25, 0.3) is 0 Å². The summed E-state index contributed by atoms with van der Waals surface area (Å²) in [7, 11) is 0. The van der Waals surface area contributed by atoms with Crippen LogP contribution in [-0.2, 0) is 0 Å². The van der Waals surface area contributed by atoms with Crippen molar-refractivity contribution in [1.29, 1.82) is 5.41 Å². The first-order valence-corrected chi connectivity index (χ1v) is 6.45. The molecule has 1 aliphatic carbocycles. The van der Waals surface area contributed by atoms with E-state index >= 15 is 0 Å². The fraction of sp³-hybridized carbons (Fsp3) is 0.533. The molecule has 1 aromatic carbocycles. The van der Waals surface area contributed by atoms with Crippen molar-refractivity contribution >= 4 is 5.84 Å². The van der Waals surface area contributed by atoms with Crippen LogP contribution in [0.1, 0.15) is 36.0 Å². The molecule has 98 valence electrons. The van der Waals surface area contributed by atoms with Gasteiger partial charge in [0.2, 0.25) is 0 Å². The molecule has 3 N–H and O–H groups in total. The quantitative estimate of drug-likeness (QED) is 0.619. The van der Waals surface area contributed by atoms with Crippen molar-refractivity contribution in [2.45, 2.75) is 40.0 Å². The van der Waals surface area contributed by atoms with Gasteiger partial charge >= 0.3 is 0 Å². The maximum Gasteiger partial charge on any atom is 0.125 e. The molecule has 3 heteroatoms. The maximum absolute atomic E-state index is 7.41. The Bertz CT molecular complexity index is 452. The third-order valence-corrected chi connectivity index (χ3v) is 3.65.